The second kappa shape index (κ2) is 9.18. The lowest BCUT2D eigenvalue weighted by atomic mass is 9.82. The van der Waals surface area contributed by atoms with Crippen LogP contribution in [-0.2, 0) is 15.0 Å². The van der Waals surface area contributed by atoms with Gasteiger partial charge in [0.15, 0.2) is 5.17 Å². The molecule has 2 atom stereocenters. The highest BCUT2D eigenvalue weighted by atomic mass is 79.9. The van der Waals surface area contributed by atoms with Gasteiger partial charge in [-0.15, -0.1) is 0 Å². The van der Waals surface area contributed by atoms with Gasteiger partial charge in [0, 0.05) is 15.2 Å². The van der Waals surface area contributed by atoms with Crippen LogP contribution in [0, 0.1) is 5.92 Å². The zero-order valence-corrected chi connectivity index (χ0v) is 22.5. The summed E-state index contributed by atoms with van der Waals surface area (Å²) in [6, 6.07) is 5.78. The lowest BCUT2D eigenvalue weighted by molar-refractivity contribution is 0.0150. The molecule has 0 spiro atoms. The number of thioether (sulfide) groups is 1. The molecule has 0 bridgehead atoms. The number of carbonyl (C=O) groups excluding carboxylic acids is 2. The van der Waals surface area contributed by atoms with Gasteiger partial charge in [-0.3, -0.25) is 0 Å². The summed E-state index contributed by atoms with van der Waals surface area (Å²) < 4.78 is 11.9. The van der Waals surface area contributed by atoms with E-state index in [0.717, 1.165) is 40.0 Å². The molecule has 0 radical (unpaired) electrons. The molecule has 0 saturated heterocycles. The van der Waals surface area contributed by atoms with E-state index in [2.05, 4.69) is 15.9 Å². The Kier molecular flexibility index (Phi) is 7.28. The van der Waals surface area contributed by atoms with Gasteiger partial charge < -0.3 is 9.47 Å². The number of nitrogens with zero attached hydrogens (tertiary/aromatic N) is 2. The molecule has 9 heteroatoms. The van der Waals surface area contributed by atoms with Crippen LogP contribution in [0.15, 0.2) is 27.7 Å². The van der Waals surface area contributed by atoms with Gasteiger partial charge in [0.25, 0.3) is 0 Å². The number of rotatable bonds is 1. The SMILES string of the molecule is CC(C)(C)OC(=O)N(C(=O)OC(C)(C)C)C1=NC2(c3cc(Cl)cc(Br)c3)CCCC2CS1. The number of amidine groups is 1. The third kappa shape index (κ3) is 5.81. The fourth-order valence-electron chi connectivity index (χ4n) is 4.02. The highest BCUT2D eigenvalue weighted by molar-refractivity contribution is 9.10. The van der Waals surface area contributed by atoms with E-state index in [1.165, 1.54) is 11.8 Å². The summed E-state index contributed by atoms with van der Waals surface area (Å²) in [5, 5.41) is 0.906. The average Bonchev–Trinajstić information content (AvgIpc) is 3.02. The molecule has 1 fully saturated rings. The van der Waals surface area contributed by atoms with Crippen LogP contribution in [0.1, 0.15) is 66.4 Å². The Morgan fingerprint density at radius 2 is 1.72 bits per heavy atom. The Hall–Kier alpha value is -1.25. The molecule has 1 aromatic carbocycles. The van der Waals surface area contributed by atoms with Gasteiger partial charge in [0.05, 0.1) is 5.54 Å². The number of imide groups is 1. The topological polar surface area (TPSA) is 68.2 Å². The van der Waals surface area contributed by atoms with Crippen molar-refractivity contribution < 1.29 is 19.1 Å². The number of halogens is 2. The molecule has 2 amide bonds. The summed E-state index contributed by atoms with van der Waals surface area (Å²) >= 11 is 11.3. The molecular formula is C23H30BrClN2O4S. The monoisotopic (exact) mass is 544 g/mol. The fourth-order valence-corrected chi connectivity index (χ4v) is 6.17. The highest BCUT2D eigenvalue weighted by Gasteiger charge is 2.49. The molecule has 1 saturated carbocycles. The second-order valence-electron chi connectivity index (χ2n) is 10.2. The molecule has 176 valence electrons. The van der Waals surface area contributed by atoms with Crippen molar-refractivity contribution in [1.82, 2.24) is 4.90 Å². The molecule has 0 N–H and O–H groups in total. The molecule has 32 heavy (non-hydrogen) atoms. The minimum Gasteiger partial charge on any atom is -0.443 e. The number of aliphatic imine (C=N–C) groups is 1. The number of carbonyl (C=O) groups is 2. The Labute approximate surface area is 207 Å². The van der Waals surface area contributed by atoms with Crippen LogP contribution in [0.2, 0.25) is 5.02 Å². The molecule has 1 aliphatic carbocycles. The first-order chi connectivity index (χ1) is 14.7. The van der Waals surface area contributed by atoms with Crippen LogP contribution in [0.25, 0.3) is 0 Å². The van der Waals surface area contributed by atoms with Gasteiger partial charge in [-0.05, 0) is 84.1 Å². The summed E-state index contributed by atoms with van der Waals surface area (Å²) in [5.41, 5.74) is -1.13. The van der Waals surface area contributed by atoms with Crippen LogP contribution in [-0.4, -0.2) is 39.2 Å². The van der Waals surface area contributed by atoms with E-state index in [-0.39, 0.29) is 5.92 Å². The van der Waals surface area contributed by atoms with Crippen LogP contribution < -0.4 is 0 Å². The van der Waals surface area contributed by atoms with Gasteiger partial charge in [0.1, 0.15) is 11.2 Å². The van der Waals surface area contributed by atoms with Crippen LogP contribution in [0.5, 0.6) is 0 Å². The Morgan fingerprint density at radius 1 is 1.12 bits per heavy atom. The molecule has 2 unspecified atom stereocenters. The molecular weight excluding hydrogens is 516 g/mol. The maximum atomic E-state index is 13.1. The Balaban J connectivity index is 2.09. The summed E-state index contributed by atoms with van der Waals surface area (Å²) in [5.74, 6) is 1.01. The van der Waals surface area contributed by atoms with Crippen LogP contribution in [0.3, 0.4) is 0 Å². The minimum atomic E-state index is -0.795. The molecule has 3 rings (SSSR count). The van der Waals surface area contributed by atoms with Gasteiger partial charge in [-0.1, -0.05) is 45.7 Å². The number of benzene rings is 1. The fraction of sp³-hybridized carbons (Fsp3) is 0.609. The van der Waals surface area contributed by atoms with Crippen molar-refractivity contribution in [3.63, 3.8) is 0 Å². The predicted molar refractivity (Wildman–Crippen MR) is 132 cm³/mol. The molecule has 0 aromatic heterocycles. The first-order valence-corrected chi connectivity index (χ1v) is 12.8. The Bertz CT molecular complexity index is 893. The van der Waals surface area contributed by atoms with Gasteiger partial charge in [-0.2, -0.15) is 4.90 Å². The summed E-state index contributed by atoms with van der Waals surface area (Å²) in [6.45, 7) is 10.5. The van der Waals surface area contributed by atoms with Gasteiger partial charge in [0.2, 0.25) is 0 Å². The van der Waals surface area contributed by atoms with Crippen molar-refractivity contribution in [2.45, 2.75) is 77.5 Å². The van der Waals surface area contributed by atoms with E-state index in [9.17, 15) is 9.59 Å². The lowest BCUT2D eigenvalue weighted by Crippen LogP contribution is -2.48. The quantitative estimate of drug-likeness (QED) is 0.368. The maximum absolute atomic E-state index is 13.1. The second-order valence-corrected chi connectivity index (χ2v) is 12.5. The van der Waals surface area contributed by atoms with Crippen molar-refractivity contribution in [2.75, 3.05) is 5.75 Å². The number of hydrogen-bond donors (Lipinski definition) is 0. The molecule has 1 aliphatic heterocycles. The normalized spacial score (nSPS) is 23.2. The molecule has 2 aliphatic rings. The van der Waals surface area contributed by atoms with Crippen molar-refractivity contribution in [2.24, 2.45) is 10.9 Å². The van der Waals surface area contributed by atoms with Gasteiger partial charge >= 0.3 is 12.2 Å². The van der Waals surface area contributed by atoms with E-state index >= 15 is 0 Å². The van der Waals surface area contributed by atoms with Crippen LogP contribution in [0.4, 0.5) is 9.59 Å². The standard InChI is InChI=1S/C23H30BrClN2O4S/c1-21(2,3)30-19(28)27(20(29)31-22(4,5)6)18-26-23(9-7-8-14(23)13-32-18)15-10-16(24)12-17(25)11-15/h10-12,14H,7-9,13H2,1-6H3. The van der Waals surface area contributed by atoms with Crippen molar-refractivity contribution in [1.29, 1.82) is 0 Å². The summed E-state index contributed by atoms with van der Waals surface area (Å²) in [7, 11) is 0. The van der Waals surface area contributed by atoms with E-state index in [4.69, 9.17) is 26.1 Å². The Morgan fingerprint density at radius 3 is 2.25 bits per heavy atom. The van der Waals surface area contributed by atoms with E-state index in [0.29, 0.717) is 10.2 Å². The summed E-state index contributed by atoms with van der Waals surface area (Å²) in [6.07, 6.45) is 1.25. The zero-order valence-electron chi connectivity index (χ0n) is 19.3. The van der Waals surface area contributed by atoms with Crippen molar-refractivity contribution >= 4 is 56.6 Å². The smallest absolute Gasteiger partial charge is 0.426 e. The molecule has 6 nitrogen and oxygen atoms in total. The van der Waals surface area contributed by atoms with E-state index < -0.39 is 28.9 Å². The number of amides is 2. The summed E-state index contributed by atoms with van der Waals surface area (Å²) in [4.78, 5) is 32.2. The first kappa shape index (κ1) is 25.4. The predicted octanol–water partition coefficient (Wildman–Crippen LogP) is 7.37. The number of ether oxygens (including phenoxy) is 2. The lowest BCUT2D eigenvalue weighted by Gasteiger charge is -2.39. The van der Waals surface area contributed by atoms with Gasteiger partial charge in [-0.25, -0.2) is 14.6 Å². The van der Waals surface area contributed by atoms with E-state index in [1.54, 1.807) is 41.5 Å². The first-order valence-electron chi connectivity index (χ1n) is 10.7. The average molecular weight is 546 g/mol. The van der Waals surface area contributed by atoms with Crippen LogP contribution >= 0.6 is 39.3 Å². The number of fused-ring (bicyclic) bond motifs is 1. The van der Waals surface area contributed by atoms with Crippen molar-refractivity contribution in [3.8, 4) is 0 Å². The highest BCUT2D eigenvalue weighted by Crippen LogP contribution is 2.52. The zero-order chi connectivity index (χ0) is 23.9. The van der Waals surface area contributed by atoms with E-state index in [1.807, 2.05) is 18.2 Å². The third-order valence-electron chi connectivity index (χ3n) is 5.20. The third-order valence-corrected chi connectivity index (χ3v) is 6.98. The molecule has 1 aromatic rings. The maximum Gasteiger partial charge on any atom is 0.426 e. The molecule has 1 heterocycles. The largest absolute Gasteiger partial charge is 0.443 e. The minimum absolute atomic E-state index is 0.278. The van der Waals surface area contributed by atoms with Crippen molar-refractivity contribution in [3.05, 3.63) is 33.3 Å². The number of hydrogen-bond acceptors (Lipinski definition) is 6.